The minimum atomic E-state index is 0.391. The summed E-state index contributed by atoms with van der Waals surface area (Å²) in [7, 11) is 0. The van der Waals surface area contributed by atoms with E-state index < -0.39 is 0 Å². The minimum Gasteiger partial charge on any atom is -0.343 e. The van der Waals surface area contributed by atoms with Gasteiger partial charge in [0.25, 0.3) is 0 Å². The molecule has 1 heterocycles. The van der Waals surface area contributed by atoms with Crippen LogP contribution >= 0.6 is 0 Å². The van der Waals surface area contributed by atoms with E-state index in [4.69, 9.17) is 0 Å². The highest BCUT2D eigenvalue weighted by Crippen LogP contribution is 2.23. The van der Waals surface area contributed by atoms with E-state index in [2.05, 4.69) is 12.2 Å². The number of likely N-dealkylation sites (tertiary alicyclic amines) is 1. The highest BCUT2D eigenvalue weighted by atomic mass is 16.2. The number of hydrogen-bond acceptors (Lipinski definition) is 1. The second-order valence-corrected chi connectivity index (χ2v) is 4.78. The Morgan fingerprint density at radius 2 is 2.07 bits per heavy atom. The fourth-order valence-corrected chi connectivity index (χ4v) is 2.57. The van der Waals surface area contributed by atoms with Gasteiger partial charge in [-0.2, -0.15) is 0 Å². The maximum absolute atomic E-state index is 11.8. The molecule has 2 aliphatic rings. The van der Waals surface area contributed by atoms with Crippen molar-refractivity contribution in [3.8, 4) is 0 Å². The maximum atomic E-state index is 11.8. The van der Waals surface area contributed by atoms with Crippen LogP contribution in [-0.4, -0.2) is 23.9 Å². The molecule has 15 heavy (non-hydrogen) atoms. The van der Waals surface area contributed by atoms with E-state index in [1.807, 2.05) is 4.90 Å². The molecule has 1 amide bonds. The Hall–Kier alpha value is -0.790. The summed E-state index contributed by atoms with van der Waals surface area (Å²) >= 11 is 0. The molecule has 0 aromatic carbocycles. The predicted molar refractivity (Wildman–Crippen MR) is 61.5 cm³/mol. The molecule has 0 aromatic rings. The van der Waals surface area contributed by atoms with Gasteiger partial charge in [0.1, 0.15) is 0 Å². The third kappa shape index (κ3) is 3.08. The molecule has 0 bridgehead atoms. The van der Waals surface area contributed by atoms with Crippen molar-refractivity contribution in [3.05, 3.63) is 12.2 Å². The zero-order valence-corrected chi connectivity index (χ0v) is 9.45. The Morgan fingerprint density at radius 3 is 2.73 bits per heavy atom. The Labute approximate surface area is 92.3 Å². The van der Waals surface area contributed by atoms with E-state index >= 15 is 0 Å². The van der Waals surface area contributed by atoms with Crippen molar-refractivity contribution in [2.75, 3.05) is 13.1 Å². The SMILES string of the molecule is O=C(CCC1CC=CCC1)N1CCCC1. The zero-order chi connectivity index (χ0) is 10.5. The van der Waals surface area contributed by atoms with Gasteiger partial charge in [-0.3, -0.25) is 4.79 Å². The average Bonchev–Trinajstić information content (AvgIpc) is 2.81. The van der Waals surface area contributed by atoms with Crippen LogP contribution in [0.5, 0.6) is 0 Å². The van der Waals surface area contributed by atoms with Crippen LogP contribution in [0, 0.1) is 5.92 Å². The topological polar surface area (TPSA) is 20.3 Å². The molecular formula is C13H21NO. The number of amides is 1. The lowest BCUT2D eigenvalue weighted by atomic mass is 9.90. The third-order valence-electron chi connectivity index (χ3n) is 3.60. The van der Waals surface area contributed by atoms with E-state index in [0.717, 1.165) is 31.8 Å². The van der Waals surface area contributed by atoms with Crippen LogP contribution in [0.2, 0.25) is 0 Å². The van der Waals surface area contributed by atoms with Crippen molar-refractivity contribution in [1.29, 1.82) is 0 Å². The van der Waals surface area contributed by atoms with Crippen molar-refractivity contribution in [2.24, 2.45) is 5.92 Å². The van der Waals surface area contributed by atoms with Crippen LogP contribution < -0.4 is 0 Å². The third-order valence-corrected chi connectivity index (χ3v) is 3.60. The molecule has 1 unspecified atom stereocenters. The minimum absolute atomic E-state index is 0.391. The van der Waals surface area contributed by atoms with Gasteiger partial charge in [0.2, 0.25) is 5.91 Å². The van der Waals surface area contributed by atoms with Gasteiger partial charge in [0.05, 0.1) is 0 Å². The molecule has 1 aliphatic heterocycles. The standard InChI is InChI=1S/C13H21NO/c15-13(14-10-4-5-11-14)9-8-12-6-2-1-3-7-12/h1-2,12H,3-11H2. The van der Waals surface area contributed by atoms with E-state index in [9.17, 15) is 4.79 Å². The Kier molecular flexibility index (Phi) is 3.81. The van der Waals surface area contributed by atoms with Crippen molar-refractivity contribution < 1.29 is 4.79 Å². The lowest BCUT2D eigenvalue weighted by Gasteiger charge is -2.20. The Balaban J connectivity index is 1.68. The number of carbonyl (C=O) groups excluding carboxylic acids is 1. The van der Waals surface area contributed by atoms with Crippen molar-refractivity contribution >= 4 is 5.91 Å². The fourth-order valence-electron chi connectivity index (χ4n) is 2.57. The monoisotopic (exact) mass is 207 g/mol. The number of rotatable bonds is 3. The summed E-state index contributed by atoms with van der Waals surface area (Å²) in [4.78, 5) is 13.8. The molecule has 1 saturated heterocycles. The van der Waals surface area contributed by atoms with Gasteiger partial charge in [-0.05, 0) is 44.4 Å². The lowest BCUT2D eigenvalue weighted by Crippen LogP contribution is -2.27. The molecule has 84 valence electrons. The van der Waals surface area contributed by atoms with Gasteiger partial charge < -0.3 is 4.90 Å². The highest BCUT2D eigenvalue weighted by Gasteiger charge is 2.19. The second kappa shape index (κ2) is 5.34. The highest BCUT2D eigenvalue weighted by molar-refractivity contribution is 5.76. The molecule has 1 atom stereocenters. The smallest absolute Gasteiger partial charge is 0.222 e. The van der Waals surface area contributed by atoms with Gasteiger partial charge in [-0.15, -0.1) is 0 Å². The van der Waals surface area contributed by atoms with Crippen LogP contribution in [0.4, 0.5) is 0 Å². The van der Waals surface area contributed by atoms with Crippen molar-refractivity contribution in [1.82, 2.24) is 4.90 Å². The fraction of sp³-hybridized carbons (Fsp3) is 0.769. The van der Waals surface area contributed by atoms with Gasteiger partial charge >= 0.3 is 0 Å². The Bertz CT molecular complexity index is 241. The first-order valence-electron chi connectivity index (χ1n) is 6.29. The molecule has 0 saturated carbocycles. The summed E-state index contributed by atoms with van der Waals surface area (Å²) in [5.74, 6) is 1.16. The molecular weight excluding hydrogens is 186 g/mol. The molecule has 1 aliphatic carbocycles. The lowest BCUT2D eigenvalue weighted by molar-refractivity contribution is -0.130. The quantitative estimate of drug-likeness (QED) is 0.652. The first-order chi connectivity index (χ1) is 7.36. The van der Waals surface area contributed by atoms with Crippen LogP contribution in [0.3, 0.4) is 0 Å². The van der Waals surface area contributed by atoms with E-state index in [-0.39, 0.29) is 0 Å². The Morgan fingerprint density at radius 1 is 1.27 bits per heavy atom. The first-order valence-corrected chi connectivity index (χ1v) is 6.29. The molecule has 2 rings (SSSR count). The summed E-state index contributed by atoms with van der Waals surface area (Å²) in [6.07, 6.45) is 12.5. The van der Waals surface area contributed by atoms with Crippen LogP contribution in [0.15, 0.2) is 12.2 Å². The molecule has 0 aromatic heterocycles. The number of nitrogens with zero attached hydrogens (tertiary/aromatic N) is 1. The largest absolute Gasteiger partial charge is 0.343 e. The van der Waals surface area contributed by atoms with Gasteiger partial charge in [0.15, 0.2) is 0 Å². The molecule has 2 nitrogen and oxygen atoms in total. The summed E-state index contributed by atoms with van der Waals surface area (Å²) < 4.78 is 0. The number of allylic oxidation sites excluding steroid dienone is 2. The maximum Gasteiger partial charge on any atom is 0.222 e. The summed E-state index contributed by atoms with van der Waals surface area (Å²) in [6.45, 7) is 2.01. The van der Waals surface area contributed by atoms with E-state index in [0.29, 0.717) is 5.91 Å². The first kappa shape index (κ1) is 10.7. The van der Waals surface area contributed by atoms with Crippen LogP contribution in [0.1, 0.15) is 44.9 Å². The normalized spacial score (nSPS) is 25.9. The molecule has 2 heteroatoms. The molecule has 0 spiro atoms. The summed E-state index contributed by atoms with van der Waals surface area (Å²) in [6, 6.07) is 0. The number of carbonyl (C=O) groups is 1. The summed E-state index contributed by atoms with van der Waals surface area (Å²) in [5.41, 5.74) is 0. The number of hydrogen-bond donors (Lipinski definition) is 0. The zero-order valence-electron chi connectivity index (χ0n) is 9.45. The molecule has 0 radical (unpaired) electrons. The van der Waals surface area contributed by atoms with E-state index in [1.54, 1.807) is 0 Å². The predicted octanol–water partition coefficient (Wildman–Crippen LogP) is 2.75. The van der Waals surface area contributed by atoms with Crippen LogP contribution in [-0.2, 0) is 4.79 Å². The molecule has 1 fully saturated rings. The van der Waals surface area contributed by atoms with Gasteiger partial charge in [-0.25, -0.2) is 0 Å². The van der Waals surface area contributed by atoms with E-state index in [1.165, 1.54) is 32.1 Å². The average molecular weight is 207 g/mol. The van der Waals surface area contributed by atoms with Crippen LogP contribution in [0.25, 0.3) is 0 Å². The van der Waals surface area contributed by atoms with Gasteiger partial charge in [0, 0.05) is 19.5 Å². The van der Waals surface area contributed by atoms with Crippen molar-refractivity contribution in [3.63, 3.8) is 0 Å². The van der Waals surface area contributed by atoms with Crippen molar-refractivity contribution in [2.45, 2.75) is 44.9 Å². The molecule has 0 N–H and O–H groups in total. The summed E-state index contributed by atoms with van der Waals surface area (Å²) in [5, 5.41) is 0. The van der Waals surface area contributed by atoms with Gasteiger partial charge in [-0.1, -0.05) is 12.2 Å². The second-order valence-electron chi connectivity index (χ2n) is 4.78.